The van der Waals surface area contributed by atoms with E-state index >= 15 is 0 Å². The molecular weight excluding hydrogens is 330 g/mol. The van der Waals surface area contributed by atoms with Crippen LogP contribution in [0.4, 0.5) is 0 Å². The number of carbonyl (C=O) groups is 1. The van der Waals surface area contributed by atoms with Gasteiger partial charge in [-0.15, -0.1) is 0 Å². The fourth-order valence-electron chi connectivity index (χ4n) is 1.96. The van der Waals surface area contributed by atoms with Crippen LogP contribution in [0.1, 0.15) is 17.5 Å². The van der Waals surface area contributed by atoms with E-state index in [9.17, 15) is 4.79 Å². The molecule has 0 spiro atoms. The second kappa shape index (κ2) is 7.96. The second-order valence-electron chi connectivity index (χ2n) is 4.83. The van der Waals surface area contributed by atoms with Gasteiger partial charge < -0.3 is 10.5 Å². The second-order valence-corrected chi connectivity index (χ2v) is 5.68. The molecule has 21 heavy (non-hydrogen) atoms. The van der Waals surface area contributed by atoms with Gasteiger partial charge in [-0.1, -0.05) is 64.5 Å². The summed E-state index contributed by atoms with van der Waals surface area (Å²) >= 11 is 3.42. The van der Waals surface area contributed by atoms with Gasteiger partial charge in [0.25, 0.3) is 0 Å². The van der Waals surface area contributed by atoms with Gasteiger partial charge in [0, 0.05) is 10.0 Å². The summed E-state index contributed by atoms with van der Waals surface area (Å²) in [5, 5.41) is 0. The van der Waals surface area contributed by atoms with Gasteiger partial charge in [0.15, 0.2) is 0 Å². The Balaban J connectivity index is 1.79. The van der Waals surface area contributed by atoms with Crippen molar-refractivity contribution in [2.45, 2.75) is 25.5 Å². The first kappa shape index (κ1) is 15.7. The number of nitrogens with two attached hydrogens (primary N) is 1. The summed E-state index contributed by atoms with van der Waals surface area (Å²) in [4.78, 5) is 11.9. The first-order valence-electron chi connectivity index (χ1n) is 6.86. The highest BCUT2D eigenvalue weighted by molar-refractivity contribution is 9.10. The molecule has 0 aliphatic carbocycles. The molecule has 0 radical (unpaired) electrons. The highest BCUT2D eigenvalue weighted by Crippen LogP contribution is 2.17. The van der Waals surface area contributed by atoms with E-state index in [-0.39, 0.29) is 12.6 Å². The third-order valence-corrected chi connectivity index (χ3v) is 3.99. The molecule has 110 valence electrons. The molecule has 4 heteroatoms. The predicted octanol–water partition coefficient (Wildman–Crippen LogP) is 3.45. The molecule has 0 heterocycles. The van der Waals surface area contributed by atoms with E-state index in [1.54, 1.807) is 0 Å². The van der Waals surface area contributed by atoms with Crippen molar-refractivity contribution in [3.63, 3.8) is 0 Å². The largest absolute Gasteiger partial charge is 0.460 e. The molecule has 0 unspecified atom stereocenters. The number of esters is 1. The molecule has 1 atom stereocenters. The number of halogens is 1. The van der Waals surface area contributed by atoms with Gasteiger partial charge in [-0.25, -0.2) is 0 Å². The summed E-state index contributed by atoms with van der Waals surface area (Å²) in [5.74, 6) is -0.360. The summed E-state index contributed by atoms with van der Waals surface area (Å²) in [6.45, 7) is 0.235. The lowest BCUT2D eigenvalue weighted by Crippen LogP contribution is -2.32. The predicted molar refractivity (Wildman–Crippen MR) is 86.7 cm³/mol. The SMILES string of the molecule is N[C@@H](CCc1ccccc1)C(=O)OCc1ccccc1Br. The van der Waals surface area contributed by atoms with E-state index in [1.165, 1.54) is 5.56 Å². The van der Waals surface area contributed by atoms with Crippen molar-refractivity contribution in [2.75, 3.05) is 0 Å². The Morgan fingerprint density at radius 2 is 1.76 bits per heavy atom. The van der Waals surface area contributed by atoms with Crippen LogP contribution in [0.25, 0.3) is 0 Å². The molecule has 2 aromatic rings. The van der Waals surface area contributed by atoms with E-state index in [0.29, 0.717) is 6.42 Å². The third kappa shape index (κ3) is 4.99. The number of benzene rings is 2. The van der Waals surface area contributed by atoms with Crippen LogP contribution in [-0.4, -0.2) is 12.0 Å². The molecule has 0 fully saturated rings. The lowest BCUT2D eigenvalue weighted by atomic mass is 10.1. The molecule has 0 amide bonds. The summed E-state index contributed by atoms with van der Waals surface area (Å²) in [7, 11) is 0. The van der Waals surface area contributed by atoms with Crippen LogP contribution < -0.4 is 5.73 Å². The number of hydrogen-bond acceptors (Lipinski definition) is 3. The molecule has 0 saturated heterocycles. The number of carbonyl (C=O) groups excluding carboxylic acids is 1. The Hall–Kier alpha value is -1.65. The molecule has 0 saturated carbocycles. The highest BCUT2D eigenvalue weighted by atomic mass is 79.9. The van der Waals surface area contributed by atoms with E-state index in [4.69, 9.17) is 10.5 Å². The smallest absolute Gasteiger partial charge is 0.323 e. The van der Waals surface area contributed by atoms with Crippen molar-refractivity contribution < 1.29 is 9.53 Å². The number of rotatable bonds is 6. The maximum Gasteiger partial charge on any atom is 0.323 e. The first-order valence-corrected chi connectivity index (χ1v) is 7.65. The molecule has 0 aromatic heterocycles. The summed E-state index contributed by atoms with van der Waals surface area (Å²) < 4.78 is 6.19. The third-order valence-electron chi connectivity index (χ3n) is 3.22. The fraction of sp³-hybridized carbons (Fsp3) is 0.235. The van der Waals surface area contributed by atoms with Gasteiger partial charge in [0.2, 0.25) is 0 Å². The van der Waals surface area contributed by atoms with Gasteiger partial charge in [-0.05, 0) is 24.5 Å². The lowest BCUT2D eigenvalue weighted by molar-refractivity contribution is -0.146. The number of hydrogen-bond donors (Lipinski definition) is 1. The van der Waals surface area contributed by atoms with Crippen LogP contribution >= 0.6 is 15.9 Å². The topological polar surface area (TPSA) is 52.3 Å². The minimum absolute atomic E-state index is 0.235. The molecule has 2 N–H and O–H groups in total. The molecular formula is C17H18BrNO2. The van der Waals surface area contributed by atoms with Gasteiger partial charge in [0.1, 0.15) is 12.6 Å². The van der Waals surface area contributed by atoms with Gasteiger partial charge in [0.05, 0.1) is 0 Å². The maximum atomic E-state index is 11.9. The zero-order valence-electron chi connectivity index (χ0n) is 11.7. The number of aryl methyl sites for hydroxylation is 1. The van der Waals surface area contributed by atoms with Crippen LogP contribution in [0.5, 0.6) is 0 Å². The van der Waals surface area contributed by atoms with Crippen LogP contribution in [-0.2, 0) is 22.6 Å². The zero-order chi connectivity index (χ0) is 15.1. The molecule has 3 nitrogen and oxygen atoms in total. The first-order chi connectivity index (χ1) is 10.2. The average molecular weight is 348 g/mol. The fourth-order valence-corrected chi connectivity index (χ4v) is 2.36. The Morgan fingerprint density at radius 3 is 2.48 bits per heavy atom. The Labute approximate surface area is 133 Å². The van der Waals surface area contributed by atoms with E-state index in [0.717, 1.165) is 16.5 Å². The Bertz CT molecular complexity index is 586. The Morgan fingerprint density at radius 1 is 1.10 bits per heavy atom. The van der Waals surface area contributed by atoms with Crippen LogP contribution in [0.3, 0.4) is 0 Å². The summed E-state index contributed by atoms with van der Waals surface area (Å²) in [5.41, 5.74) is 7.99. The van der Waals surface area contributed by atoms with Crippen molar-refractivity contribution >= 4 is 21.9 Å². The molecule has 2 aromatic carbocycles. The molecule has 0 aliphatic heterocycles. The van der Waals surface area contributed by atoms with Gasteiger partial charge in [-0.2, -0.15) is 0 Å². The maximum absolute atomic E-state index is 11.9. The molecule has 0 aliphatic rings. The van der Waals surface area contributed by atoms with Crippen LogP contribution in [0, 0.1) is 0 Å². The summed E-state index contributed by atoms with van der Waals surface area (Å²) in [6, 6.07) is 17.0. The lowest BCUT2D eigenvalue weighted by Gasteiger charge is -2.12. The van der Waals surface area contributed by atoms with E-state index in [2.05, 4.69) is 15.9 Å². The van der Waals surface area contributed by atoms with Crippen molar-refractivity contribution in [2.24, 2.45) is 5.73 Å². The van der Waals surface area contributed by atoms with Crippen LogP contribution in [0.15, 0.2) is 59.1 Å². The average Bonchev–Trinajstić information content (AvgIpc) is 2.52. The normalized spacial score (nSPS) is 11.9. The minimum Gasteiger partial charge on any atom is -0.460 e. The molecule has 2 rings (SSSR count). The molecule has 0 bridgehead atoms. The standard InChI is InChI=1S/C17H18BrNO2/c18-15-9-5-4-8-14(15)12-21-17(20)16(19)11-10-13-6-2-1-3-7-13/h1-9,16H,10-12,19H2/t16-/m0/s1. The minimum atomic E-state index is -0.590. The highest BCUT2D eigenvalue weighted by Gasteiger charge is 2.15. The van der Waals surface area contributed by atoms with Crippen molar-refractivity contribution in [3.8, 4) is 0 Å². The van der Waals surface area contributed by atoms with Crippen molar-refractivity contribution in [1.29, 1.82) is 0 Å². The Kier molecular flexibility index (Phi) is 5.96. The van der Waals surface area contributed by atoms with Crippen LogP contribution in [0.2, 0.25) is 0 Å². The van der Waals surface area contributed by atoms with Gasteiger partial charge in [-0.3, -0.25) is 4.79 Å². The monoisotopic (exact) mass is 347 g/mol. The van der Waals surface area contributed by atoms with E-state index < -0.39 is 6.04 Å². The van der Waals surface area contributed by atoms with E-state index in [1.807, 2.05) is 54.6 Å². The van der Waals surface area contributed by atoms with Crippen molar-refractivity contribution in [1.82, 2.24) is 0 Å². The zero-order valence-corrected chi connectivity index (χ0v) is 13.3. The quantitative estimate of drug-likeness (QED) is 0.814. The van der Waals surface area contributed by atoms with Gasteiger partial charge >= 0.3 is 5.97 Å². The number of ether oxygens (including phenoxy) is 1. The summed E-state index contributed by atoms with van der Waals surface area (Å²) in [6.07, 6.45) is 1.35. The van der Waals surface area contributed by atoms with Crippen molar-refractivity contribution in [3.05, 3.63) is 70.2 Å².